The normalized spacial score (nSPS) is 13.6. The van der Waals surface area contributed by atoms with E-state index in [-0.39, 0.29) is 18.0 Å². The van der Waals surface area contributed by atoms with E-state index in [4.69, 9.17) is 0 Å². The molecule has 0 radical (unpaired) electrons. The van der Waals surface area contributed by atoms with E-state index in [1.54, 1.807) is 24.3 Å². The molecule has 0 aromatic heterocycles. The third-order valence-electron chi connectivity index (χ3n) is 4.49. The molecule has 0 bridgehead atoms. The summed E-state index contributed by atoms with van der Waals surface area (Å²) in [5, 5.41) is 4.93. The predicted molar refractivity (Wildman–Crippen MR) is 111 cm³/mol. The van der Waals surface area contributed by atoms with E-state index < -0.39 is 23.4 Å². The second-order valence-electron chi connectivity index (χ2n) is 6.76. The number of anilines is 1. The highest BCUT2D eigenvalue weighted by atomic mass is 32.2. The first-order chi connectivity index (χ1) is 14.4. The number of halogens is 2. The third kappa shape index (κ3) is 6.28. The molecule has 0 aliphatic carbocycles. The van der Waals surface area contributed by atoms with Crippen molar-refractivity contribution in [3.05, 3.63) is 65.2 Å². The van der Waals surface area contributed by atoms with Crippen LogP contribution in [0.25, 0.3) is 0 Å². The van der Waals surface area contributed by atoms with Crippen molar-refractivity contribution in [1.29, 1.82) is 0 Å². The first-order valence-electron chi connectivity index (χ1n) is 9.39. The number of thioether (sulfide) groups is 1. The van der Waals surface area contributed by atoms with E-state index in [2.05, 4.69) is 10.6 Å². The molecule has 9 heteroatoms. The Hall–Kier alpha value is -2.94. The number of carbonyl (C=O) groups excluding carboxylic acids is 3. The summed E-state index contributed by atoms with van der Waals surface area (Å²) in [5.41, 5.74) is 1.15. The third-order valence-corrected chi connectivity index (χ3v) is 5.43. The number of hydrogen-bond acceptors (Lipinski definition) is 4. The van der Waals surface area contributed by atoms with Crippen molar-refractivity contribution in [2.75, 3.05) is 36.5 Å². The molecule has 3 amide bonds. The fraction of sp³-hybridized carbons (Fsp3) is 0.286. The second kappa shape index (κ2) is 10.2. The first kappa shape index (κ1) is 21.8. The number of benzene rings is 2. The molecule has 1 aliphatic rings. The zero-order chi connectivity index (χ0) is 21.5. The van der Waals surface area contributed by atoms with Crippen molar-refractivity contribution in [3.8, 4) is 0 Å². The Kier molecular flexibility index (Phi) is 7.40. The van der Waals surface area contributed by atoms with Gasteiger partial charge in [-0.25, -0.2) is 8.78 Å². The minimum atomic E-state index is -0.873. The smallest absolute Gasteiger partial charge is 0.251 e. The number of hydrogen-bond donors (Lipinski definition) is 2. The molecule has 1 aliphatic heterocycles. The van der Waals surface area contributed by atoms with E-state index in [9.17, 15) is 23.2 Å². The Balaban J connectivity index is 1.47. The lowest BCUT2D eigenvalue weighted by molar-refractivity contribution is -0.130. The summed E-state index contributed by atoms with van der Waals surface area (Å²) in [6, 6.07) is 9.32. The number of nitrogens with one attached hydrogen (secondary N) is 2. The zero-order valence-corrected chi connectivity index (χ0v) is 16.9. The maximum atomic E-state index is 13.2. The SMILES string of the molecule is O=C(CNC(=O)c1cc(F)cc(F)c1)Nc1ccc(CC(=O)N2CCSCC2)cc1. The lowest BCUT2D eigenvalue weighted by atomic mass is 10.1. The van der Waals surface area contributed by atoms with Gasteiger partial charge in [-0.2, -0.15) is 11.8 Å². The Morgan fingerprint density at radius 2 is 1.60 bits per heavy atom. The largest absolute Gasteiger partial charge is 0.343 e. The Labute approximate surface area is 177 Å². The van der Waals surface area contributed by atoms with E-state index in [0.717, 1.165) is 42.3 Å². The Morgan fingerprint density at radius 3 is 2.23 bits per heavy atom. The summed E-state index contributed by atoms with van der Waals surface area (Å²) in [6.07, 6.45) is 0.305. The molecule has 2 N–H and O–H groups in total. The van der Waals surface area contributed by atoms with Gasteiger partial charge in [-0.05, 0) is 29.8 Å². The average molecular weight is 433 g/mol. The van der Waals surface area contributed by atoms with Gasteiger partial charge >= 0.3 is 0 Å². The standard InChI is InChI=1S/C21H21F2N3O3S/c22-16-10-15(11-17(23)12-16)21(29)24-13-19(27)25-18-3-1-14(2-4-18)9-20(28)26-5-7-30-8-6-26/h1-4,10-12H,5-9,13H2,(H,24,29)(H,25,27). The molecule has 1 fully saturated rings. The van der Waals surface area contributed by atoms with E-state index in [0.29, 0.717) is 18.2 Å². The monoisotopic (exact) mass is 433 g/mol. The molecule has 30 heavy (non-hydrogen) atoms. The van der Waals surface area contributed by atoms with Gasteiger partial charge in [0.05, 0.1) is 13.0 Å². The molecule has 0 saturated carbocycles. The van der Waals surface area contributed by atoms with Crippen LogP contribution in [0.3, 0.4) is 0 Å². The fourth-order valence-corrected chi connectivity index (χ4v) is 3.86. The van der Waals surface area contributed by atoms with Crippen LogP contribution < -0.4 is 10.6 Å². The predicted octanol–water partition coefficient (Wildman–Crippen LogP) is 2.45. The molecular formula is C21H21F2N3O3S. The average Bonchev–Trinajstić information content (AvgIpc) is 2.73. The zero-order valence-electron chi connectivity index (χ0n) is 16.1. The van der Waals surface area contributed by atoms with Gasteiger partial charge in [0.2, 0.25) is 11.8 Å². The van der Waals surface area contributed by atoms with Crippen LogP contribution in [0.1, 0.15) is 15.9 Å². The Bertz CT molecular complexity index is 911. The van der Waals surface area contributed by atoms with Gasteiger partial charge in [-0.3, -0.25) is 14.4 Å². The van der Waals surface area contributed by atoms with Crippen LogP contribution in [0.2, 0.25) is 0 Å². The van der Waals surface area contributed by atoms with Crippen LogP contribution in [0, 0.1) is 11.6 Å². The summed E-state index contributed by atoms with van der Waals surface area (Å²) in [5.74, 6) is -0.986. The van der Waals surface area contributed by atoms with E-state index in [1.165, 1.54) is 0 Å². The van der Waals surface area contributed by atoms with Crippen LogP contribution in [-0.4, -0.2) is 53.8 Å². The van der Waals surface area contributed by atoms with Gasteiger partial charge in [0.15, 0.2) is 0 Å². The summed E-state index contributed by atoms with van der Waals surface area (Å²) < 4.78 is 26.3. The van der Waals surface area contributed by atoms with E-state index in [1.807, 2.05) is 16.7 Å². The van der Waals surface area contributed by atoms with Crippen molar-refractivity contribution in [3.63, 3.8) is 0 Å². The van der Waals surface area contributed by atoms with Gasteiger partial charge in [0, 0.05) is 41.9 Å². The van der Waals surface area contributed by atoms with Gasteiger partial charge < -0.3 is 15.5 Å². The number of carbonyl (C=O) groups is 3. The van der Waals surface area contributed by atoms with Crippen molar-refractivity contribution in [1.82, 2.24) is 10.2 Å². The summed E-state index contributed by atoms with van der Waals surface area (Å²) in [6.45, 7) is 1.18. The van der Waals surface area contributed by atoms with Crippen LogP contribution >= 0.6 is 11.8 Å². The molecule has 1 saturated heterocycles. The van der Waals surface area contributed by atoms with E-state index >= 15 is 0 Å². The molecule has 2 aromatic carbocycles. The topological polar surface area (TPSA) is 78.5 Å². The summed E-state index contributed by atoms with van der Waals surface area (Å²) in [4.78, 5) is 38.1. The molecular weight excluding hydrogens is 412 g/mol. The lowest BCUT2D eigenvalue weighted by Crippen LogP contribution is -2.38. The molecule has 2 aromatic rings. The van der Waals surface area contributed by atoms with Crippen LogP contribution in [0.5, 0.6) is 0 Å². The van der Waals surface area contributed by atoms with Gasteiger partial charge in [0.25, 0.3) is 5.91 Å². The molecule has 6 nitrogen and oxygen atoms in total. The fourth-order valence-electron chi connectivity index (χ4n) is 2.96. The van der Waals surface area contributed by atoms with Gasteiger partial charge in [-0.1, -0.05) is 12.1 Å². The number of rotatable bonds is 6. The van der Waals surface area contributed by atoms with Crippen molar-refractivity contribution < 1.29 is 23.2 Å². The number of amides is 3. The highest BCUT2D eigenvalue weighted by Crippen LogP contribution is 2.14. The van der Waals surface area contributed by atoms with Gasteiger partial charge in [0.1, 0.15) is 11.6 Å². The molecule has 1 heterocycles. The summed E-state index contributed by atoms with van der Waals surface area (Å²) >= 11 is 1.84. The minimum Gasteiger partial charge on any atom is -0.343 e. The van der Waals surface area contributed by atoms with Crippen molar-refractivity contribution in [2.24, 2.45) is 0 Å². The first-order valence-corrected chi connectivity index (χ1v) is 10.5. The minimum absolute atomic E-state index is 0.0867. The molecule has 0 unspecified atom stereocenters. The Morgan fingerprint density at radius 1 is 0.967 bits per heavy atom. The maximum absolute atomic E-state index is 13.2. The van der Waals surface area contributed by atoms with Crippen LogP contribution in [0.4, 0.5) is 14.5 Å². The molecule has 0 atom stereocenters. The maximum Gasteiger partial charge on any atom is 0.251 e. The molecule has 158 valence electrons. The van der Waals surface area contributed by atoms with Crippen molar-refractivity contribution in [2.45, 2.75) is 6.42 Å². The molecule has 0 spiro atoms. The quantitative estimate of drug-likeness (QED) is 0.734. The van der Waals surface area contributed by atoms with Crippen LogP contribution in [-0.2, 0) is 16.0 Å². The second-order valence-corrected chi connectivity index (χ2v) is 7.98. The van der Waals surface area contributed by atoms with Crippen LogP contribution in [0.15, 0.2) is 42.5 Å². The highest BCUT2D eigenvalue weighted by Gasteiger charge is 2.17. The lowest BCUT2D eigenvalue weighted by Gasteiger charge is -2.26. The van der Waals surface area contributed by atoms with Crippen molar-refractivity contribution >= 4 is 35.2 Å². The number of nitrogens with zero attached hydrogens (tertiary/aromatic N) is 1. The highest BCUT2D eigenvalue weighted by molar-refractivity contribution is 7.99. The van der Waals surface area contributed by atoms with Gasteiger partial charge in [-0.15, -0.1) is 0 Å². The summed E-state index contributed by atoms with van der Waals surface area (Å²) in [7, 11) is 0. The molecule has 3 rings (SSSR count).